The molecule has 0 atom stereocenters. The molecule has 2 aromatic heterocycles. The summed E-state index contributed by atoms with van der Waals surface area (Å²) in [5.41, 5.74) is 2.70. The fraction of sp³-hybridized carbons (Fsp3) is 0.263. The van der Waals surface area contributed by atoms with Crippen LogP contribution in [0.25, 0.3) is 10.9 Å². The number of hydrogen-bond acceptors (Lipinski definition) is 2. The van der Waals surface area contributed by atoms with Crippen LogP contribution < -0.4 is 10.9 Å². The summed E-state index contributed by atoms with van der Waals surface area (Å²) in [6.45, 7) is 2.66. The van der Waals surface area contributed by atoms with Gasteiger partial charge >= 0.3 is 0 Å². The molecule has 0 spiro atoms. The number of carbonyl (C=O) groups excluding carboxylic acids is 1. The van der Waals surface area contributed by atoms with Gasteiger partial charge in [-0.1, -0.05) is 25.1 Å². The van der Waals surface area contributed by atoms with Crippen LogP contribution in [0.4, 0.5) is 5.69 Å². The van der Waals surface area contributed by atoms with Crippen LogP contribution in [0.15, 0.2) is 53.6 Å². The van der Waals surface area contributed by atoms with Crippen molar-refractivity contribution in [1.29, 1.82) is 0 Å². The highest BCUT2D eigenvalue weighted by atomic mass is 16.1. The summed E-state index contributed by atoms with van der Waals surface area (Å²) in [4.78, 5) is 24.1. The molecular formula is C19H21N3O2. The van der Waals surface area contributed by atoms with E-state index >= 15 is 0 Å². The largest absolute Gasteiger partial charge is 0.350 e. The Morgan fingerprint density at radius 3 is 2.71 bits per heavy atom. The smallest absolute Gasteiger partial charge is 0.250 e. The minimum absolute atomic E-state index is 0.0519. The van der Waals surface area contributed by atoms with E-state index in [0.29, 0.717) is 18.7 Å². The maximum Gasteiger partial charge on any atom is 0.250 e. The highest BCUT2D eigenvalue weighted by Crippen LogP contribution is 2.21. The molecule has 1 N–H and O–H groups in total. The van der Waals surface area contributed by atoms with Crippen molar-refractivity contribution in [3.8, 4) is 0 Å². The van der Waals surface area contributed by atoms with Crippen molar-refractivity contribution < 1.29 is 4.79 Å². The number of amides is 1. The van der Waals surface area contributed by atoms with Crippen LogP contribution in [-0.2, 0) is 24.8 Å². The molecular weight excluding hydrogens is 302 g/mol. The molecule has 2 heterocycles. The molecule has 0 bridgehead atoms. The Labute approximate surface area is 140 Å². The highest BCUT2D eigenvalue weighted by Gasteiger charge is 2.11. The first-order valence-corrected chi connectivity index (χ1v) is 8.11. The second kappa shape index (κ2) is 6.74. The zero-order valence-electron chi connectivity index (χ0n) is 14.0. The number of aryl methyl sites for hydroxylation is 2. The van der Waals surface area contributed by atoms with E-state index < -0.39 is 0 Å². The summed E-state index contributed by atoms with van der Waals surface area (Å²) < 4.78 is 3.65. The predicted molar refractivity (Wildman–Crippen MR) is 96.2 cm³/mol. The third-order valence-electron chi connectivity index (χ3n) is 4.06. The van der Waals surface area contributed by atoms with Gasteiger partial charge < -0.3 is 14.5 Å². The highest BCUT2D eigenvalue weighted by molar-refractivity contribution is 5.95. The summed E-state index contributed by atoms with van der Waals surface area (Å²) >= 11 is 0. The summed E-state index contributed by atoms with van der Waals surface area (Å²) in [6, 6.07) is 11.2. The lowest BCUT2D eigenvalue weighted by Crippen LogP contribution is -2.21. The van der Waals surface area contributed by atoms with Crippen molar-refractivity contribution in [1.82, 2.24) is 9.13 Å². The van der Waals surface area contributed by atoms with Gasteiger partial charge in [0.25, 0.3) is 5.56 Å². The SMILES string of the molecule is CCCn1cc(NC(=O)Cc2cn(C)c3ccccc23)ccc1=O. The van der Waals surface area contributed by atoms with Gasteiger partial charge in [-0.3, -0.25) is 9.59 Å². The van der Waals surface area contributed by atoms with E-state index in [1.165, 1.54) is 6.07 Å². The number of aromatic nitrogens is 2. The van der Waals surface area contributed by atoms with E-state index in [2.05, 4.69) is 5.32 Å². The lowest BCUT2D eigenvalue weighted by Gasteiger charge is -2.08. The molecule has 0 radical (unpaired) electrons. The van der Waals surface area contributed by atoms with Gasteiger partial charge in [-0.05, 0) is 24.1 Å². The van der Waals surface area contributed by atoms with Crippen molar-refractivity contribution in [3.63, 3.8) is 0 Å². The average molecular weight is 323 g/mol. The van der Waals surface area contributed by atoms with Gasteiger partial charge in [-0.25, -0.2) is 0 Å². The van der Waals surface area contributed by atoms with E-state index in [4.69, 9.17) is 0 Å². The quantitative estimate of drug-likeness (QED) is 0.785. The minimum Gasteiger partial charge on any atom is -0.350 e. The van der Waals surface area contributed by atoms with E-state index in [-0.39, 0.29) is 11.5 Å². The number of fused-ring (bicyclic) bond motifs is 1. The monoisotopic (exact) mass is 323 g/mol. The zero-order valence-corrected chi connectivity index (χ0v) is 14.0. The number of anilines is 1. The molecule has 0 aliphatic heterocycles. The fourth-order valence-corrected chi connectivity index (χ4v) is 2.97. The molecule has 0 saturated carbocycles. The van der Waals surface area contributed by atoms with Crippen LogP contribution in [0.5, 0.6) is 0 Å². The number of rotatable bonds is 5. The zero-order chi connectivity index (χ0) is 17.1. The maximum atomic E-state index is 12.4. The molecule has 0 aliphatic carbocycles. The lowest BCUT2D eigenvalue weighted by atomic mass is 10.1. The van der Waals surface area contributed by atoms with Crippen LogP contribution in [0, 0.1) is 0 Å². The van der Waals surface area contributed by atoms with Crippen molar-refractivity contribution in [2.24, 2.45) is 7.05 Å². The van der Waals surface area contributed by atoms with E-state index in [0.717, 1.165) is 22.9 Å². The molecule has 0 aliphatic rings. The Balaban J connectivity index is 1.78. The van der Waals surface area contributed by atoms with Gasteiger partial charge in [-0.15, -0.1) is 0 Å². The predicted octanol–water partition coefficient (Wildman–Crippen LogP) is 2.93. The number of para-hydroxylation sites is 1. The molecule has 3 aromatic rings. The van der Waals surface area contributed by atoms with Gasteiger partial charge in [0.1, 0.15) is 0 Å². The fourth-order valence-electron chi connectivity index (χ4n) is 2.97. The number of nitrogens with one attached hydrogen (secondary N) is 1. The van der Waals surface area contributed by atoms with Gasteiger partial charge in [0.2, 0.25) is 5.91 Å². The van der Waals surface area contributed by atoms with Gasteiger partial charge in [-0.2, -0.15) is 0 Å². The van der Waals surface area contributed by atoms with E-state index in [9.17, 15) is 9.59 Å². The Morgan fingerprint density at radius 1 is 1.12 bits per heavy atom. The molecule has 3 rings (SSSR count). The van der Waals surface area contributed by atoms with Gasteiger partial charge in [0.15, 0.2) is 0 Å². The average Bonchev–Trinajstić information content (AvgIpc) is 2.87. The lowest BCUT2D eigenvalue weighted by molar-refractivity contribution is -0.115. The molecule has 0 unspecified atom stereocenters. The van der Waals surface area contributed by atoms with Crippen molar-refractivity contribution in [2.45, 2.75) is 26.3 Å². The summed E-state index contributed by atoms with van der Waals surface area (Å²) in [5, 5.41) is 3.97. The first-order valence-electron chi connectivity index (χ1n) is 8.11. The Morgan fingerprint density at radius 2 is 1.92 bits per heavy atom. The second-order valence-electron chi connectivity index (χ2n) is 5.96. The van der Waals surface area contributed by atoms with Crippen LogP contribution in [0.2, 0.25) is 0 Å². The Kier molecular flexibility index (Phi) is 4.51. The minimum atomic E-state index is -0.0898. The number of pyridine rings is 1. The third kappa shape index (κ3) is 3.25. The van der Waals surface area contributed by atoms with Gasteiger partial charge in [0.05, 0.1) is 12.1 Å². The number of benzene rings is 1. The van der Waals surface area contributed by atoms with Crippen LogP contribution >= 0.6 is 0 Å². The number of nitrogens with zero attached hydrogens (tertiary/aromatic N) is 2. The van der Waals surface area contributed by atoms with Crippen LogP contribution in [0.3, 0.4) is 0 Å². The Bertz CT molecular complexity index is 937. The van der Waals surface area contributed by atoms with E-state index in [1.807, 2.05) is 49.0 Å². The Hall–Kier alpha value is -2.82. The molecule has 0 saturated heterocycles. The first-order chi connectivity index (χ1) is 11.6. The maximum absolute atomic E-state index is 12.4. The topological polar surface area (TPSA) is 56.0 Å². The number of hydrogen-bond donors (Lipinski definition) is 1. The van der Waals surface area contributed by atoms with Crippen molar-refractivity contribution in [3.05, 3.63) is 64.7 Å². The molecule has 1 aromatic carbocycles. The van der Waals surface area contributed by atoms with Crippen LogP contribution in [-0.4, -0.2) is 15.0 Å². The molecule has 124 valence electrons. The number of carbonyl (C=O) groups is 1. The molecule has 5 nitrogen and oxygen atoms in total. The first kappa shape index (κ1) is 16.1. The molecule has 1 amide bonds. The third-order valence-corrected chi connectivity index (χ3v) is 4.06. The molecule has 0 fully saturated rings. The van der Waals surface area contributed by atoms with Gasteiger partial charge in [0, 0.05) is 43.0 Å². The van der Waals surface area contributed by atoms with Crippen LogP contribution in [0.1, 0.15) is 18.9 Å². The standard InChI is InChI=1S/C19H21N3O2/c1-3-10-22-13-15(8-9-19(22)24)20-18(23)11-14-12-21(2)17-7-5-4-6-16(14)17/h4-9,12-13H,3,10-11H2,1-2H3,(H,20,23). The normalized spacial score (nSPS) is 10.9. The molecule has 5 heteroatoms. The molecule has 24 heavy (non-hydrogen) atoms. The summed E-state index contributed by atoms with van der Waals surface area (Å²) in [5.74, 6) is -0.0898. The van der Waals surface area contributed by atoms with E-state index in [1.54, 1.807) is 16.8 Å². The summed E-state index contributed by atoms with van der Waals surface area (Å²) in [7, 11) is 1.98. The van der Waals surface area contributed by atoms with Crippen molar-refractivity contribution >= 4 is 22.5 Å². The second-order valence-corrected chi connectivity index (χ2v) is 5.96. The summed E-state index contributed by atoms with van der Waals surface area (Å²) in [6.07, 6.45) is 4.86. The van der Waals surface area contributed by atoms with Crippen molar-refractivity contribution in [2.75, 3.05) is 5.32 Å².